The van der Waals surface area contributed by atoms with Crippen molar-refractivity contribution in [1.82, 2.24) is 0 Å². The zero-order chi connectivity index (χ0) is 14.8. The molecule has 19 heavy (non-hydrogen) atoms. The third-order valence-corrected chi connectivity index (χ3v) is 6.32. The van der Waals surface area contributed by atoms with E-state index in [1.807, 2.05) is 12.2 Å². The third-order valence-electron chi connectivity index (χ3n) is 3.42. The highest BCUT2D eigenvalue weighted by atomic mass is 28.4. The van der Waals surface area contributed by atoms with Crippen molar-refractivity contribution in [3.8, 4) is 0 Å². The van der Waals surface area contributed by atoms with Crippen LogP contribution in [0.15, 0.2) is 25.3 Å². The van der Waals surface area contributed by atoms with E-state index in [0.29, 0.717) is 0 Å². The van der Waals surface area contributed by atoms with Crippen LogP contribution in [-0.2, 0) is 13.3 Å². The maximum Gasteiger partial charge on any atom is 0.501 e. The van der Waals surface area contributed by atoms with Gasteiger partial charge < -0.3 is 13.3 Å². The van der Waals surface area contributed by atoms with E-state index in [1.165, 1.54) is 0 Å². The number of hydrogen-bond acceptors (Lipinski definition) is 3. The lowest BCUT2D eigenvalue weighted by Gasteiger charge is -2.37. The summed E-state index contributed by atoms with van der Waals surface area (Å²) in [5, 5.41) is 0. The van der Waals surface area contributed by atoms with Gasteiger partial charge in [-0.05, 0) is 12.8 Å². The average molecular weight is 286 g/mol. The van der Waals surface area contributed by atoms with Crippen LogP contribution in [0.25, 0.3) is 0 Å². The summed E-state index contributed by atoms with van der Waals surface area (Å²) in [6.45, 7) is 12.1. The molecule has 0 aromatic carbocycles. The van der Waals surface area contributed by atoms with Crippen molar-refractivity contribution in [1.29, 1.82) is 0 Å². The second-order valence-electron chi connectivity index (χ2n) is 4.76. The molecule has 0 bridgehead atoms. The molecule has 0 aliphatic carbocycles. The Bertz CT molecular complexity index is 254. The molecule has 0 spiro atoms. The van der Waals surface area contributed by atoms with E-state index in [4.69, 9.17) is 13.3 Å². The van der Waals surface area contributed by atoms with E-state index < -0.39 is 14.4 Å². The van der Waals surface area contributed by atoms with Crippen molar-refractivity contribution in [3.05, 3.63) is 25.3 Å². The largest absolute Gasteiger partial charge is 0.501 e. The smallest absolute Gasteiger partial charge is 0.377 e. The summed E-state index contributed by atoms with van der Waals surface area (Å²) >= 11 is 0. The van der Waals surface area contributed by atoms with E-state index in [9.17, 15) is 0 Å². The summed E-state index contributed by atoms with van der Waals surface area (Å²) < 4.78 is 17.5. The fraction of sp³-hybridized carbons (Fsp3) is 0.733. The highest BCUT2D eigenvalue weighted by Crippen LogP contribution is 2.30. The van der Waals surface area contributed by atoms with Gasteiger partial charge in [0.25, 0.3) is 0 Å². The van der Waals surface area contributed by atoms with E-state index in [2.05, 4.69) is 27.0 Å². The van der Waals surface area contributed by atoms with Gasteiger partial charge in [0.2, 0.25) is 0 Å². The van der Waals surface area contributed by atoms with Crippen LogP contribution in [0.3, 0.4) is 0 Å². The van der Waals surface area contributed by atoms with Crippen molar-refractivity contribution in [3.63, 3.8) is 0 Å². The molecule has 0 rings (SSSR count). The first-order valence-corrected chi connectivity index (χ1v) is 9.08. The van der Waals surface area contributed by atoms with Gasteiger partial charge in [-0.1, -0.05) is 58.4 Å². The molecule has 0 aliphatic rings. The Morgan fingerprint density at radius 2 is 1.53 bits per heavy atom. The zero-order valence-electron chi connectivity index (χ0n) is 13.0. The molecule has 0 saturated carbocycles. The first-order chi connectivity index (χ1) is 9.07. The SMILES string of the molecule is C=CC(C=C)(CCCC)O[Si](CCCC)(OC)OC. The first-order valence-electron chi connectivity index (χ1n) is 7.15. The van der Waals surface area contributed by atoms with Gasteiger partial charge in [0, 0.05) is 20.3 Å². The molecular weight excluding hydrogens is 256 g/mol. The third kappa shape index (κ3) is 5.61. The fourth-order valence-corrected chi connectivity index (χ4v) is 4.46. The standard InChI is InChI=1S/C15H30O3Si/c1-7-11-13-15(9-3,10-4)18-19(16-5,17-6)14-12-8-2/h9-10H,3-4,7-8,11-14H2,1-2,5-6H3. The Labute approximate surface area is 120 Å². The van der Waals surface area contributed by atoms with Gasteiger partial charge in [-0.3, -0.25) is 0 Å². The quantitative estimate of drug-likeness (QED) is 0.394. The lowest BCUT2D eigenvalue weighted by atomic mass is 9.97. The Kier molecular flexibility index (Phi) is 9.26. The summed E-state index contributed by atoms with van der Waals surface area (Å²) in [7, 11) is 0.703. The van der Waals surface area contributed by atoms with E-state index in [0.717, 1.165) is 38.1 Å². The number of unbranched alkanes of at least 4 members (excludes halogenated alkanes) is 2. The van der Waals surface area contributed by atoms with Crippen LogP contribution in [0.1, 0.15) is 46.0 Å². The topological polar surface area (TPSA) is 27.7 Å². The van der Waals surface area contributed by atoms with E-state index >= 15 is 0 Å². The molecule has 0 unspecified atom stereocenters. The summed E-state index contributed by atoms with van der Waals surface area (Å²) in [4.78, 5) is 0. The van der Waals surface area contributed by atoms with Crippen molar-refractivity contribution < 1.29 is 13.3 Å². The second kappa shape index (κ2) is 9.48. The summed E-state index contributed by atoms with van der Waals surface area (Å²) in [6, 6.07) is 0.825. The molecule has 0 aromatic rings. The van der Waals surface area contributed by atoms with Gasteiger partial charge in [-0.25, -0.2) is 0 Å². The highest BCUT2D eigenvalue weighted by Gasteiger charge is 2.44. The molecule has 0 radical (unpaired) electrons. The molecule has 4 heteroatoms. The Balaban J connectivity index is 5.01. The zero-order valence-corrected chi connectivity index (χ0v) is 14.0. The Morgan fingerprint density at radius 1 is 1.00 bits per heavy atom. The van der Waals surface area contributed by atoms with Crippen LogP contribution in [0.2, 0.25) is 6.04 Å². The molecule has 0 heterocycles. The van der Waals surface area contributed by atoms with Crippen LogP contribution in [0, 0.1) is 0 Å². The summed E-state index contributed by atoms with van der Waals surface area (Å²) in [5.74, 6) is 0. The molecule has 0 atom stereocenters. The monoisotopic (exact) mass is 286 g/mol. The van der Waals surface area contributed by atoms with Gasteiger partial charge in [0.15, 0.2) is 0 Å². The molecule has 0 saturated heterocycles. The number of rotatable bonds is 12. The van der Waals surface area contributed by atoms with Crippen LogP contribution in [0.4, 0.5) is 0 Å². The molecule has 0 aromatic heterocycles. The van der Waals surface area contributed by atoms with Crippen LogP contribution < -0.4 is 0 Å². The summed E-state index contributed by atoms with van der Waals surface area (Å²) in [5.41, 5.74) is -0.540. The van der Waals surface area contributed by atoms with Crippen LogP contribution in [-0.4, -0.2) is 28.6 Å². The van der Waals surface area contributed by atoms with Gasteiger partial charge in [0.05, 0.1) is 5.60 Å². The highest BCUT2D eigenvalue weighted by molar-refractivity contribution is 6.60. The van der Waals surface area contributed by atoms with Crippen molar-refractivity contribution in [2.75, 3.05) is 14.2 Å². The Hall–Kier alpha value is -0.423. The molecule has 112 valence electrons. The molecule has 0 N–H and O–H groups in total. The van der Waals surface area contributed by atoms with Gasteiger partial charge >= 0.3 is 8.80 Å². The van der Waals surface area contributed by atoms with Crippen LogP contribution in [0.5, 0.6) is 0 Å². The molecule has 3 nitrogen and oxygen atoms in total. The molecule has 0 amide bonds. The molecule has 0 fully saturated rings. The van der Waals surface area contributed by atoms with Crippen molar-refractivity contribution in [2.45, 2.75) is 57.6 Å². The van der Waals surface area contributed by atoms with Crippen LogP contribution >= 0.6 is 0 Å². The average Bonchev–Trinajstić information content (AvgIpc) is 2.48. The fourth-order valence-electron chi connectivity index (χ4n) is 1.98. The Morgan fingerprint density at radius 3 is 1.89 bits per heavy atom. The van der Waals surface area contributed by atoms with Gasteiger partial charge in [0.1, 0.15) is 0 Å². The van der Waals surface area contributed by atoms with Gasteiger partial charge in [-0.2, -0.15) is 0 Å². The van der Waals surface area contributed by atoms with E-state index in [1.54, 1.807) is 14.2 Å². The normalized spacial score (nSPS) is 12.4. The minimum atomic E-state index is -2.63. The lowest BCUT2D eigenvalue weighted by Crippen LogP contribution is -2.50. The molecular formula is C15H30O3Si. The maximum atomic E-state index is 6.28. The first kappa shape index (κ1) is 18.6. The predicted molar refractivity (Wildman–Crippen MR) is 83.2 cm³/mol. The molecule has 0 aliphatic heterocycles. The minimum Gasteiger partial charge on any atom is -0.377 e. The predicted octanol–water partition coefficient (Wildman–Crippen LogP) is 4.34. The lowest BCUT2D eigenvalue weighted by molar-refractivity contribution is 0.0326. The van der Waals surface area contributed by atoms with E-state index in [-0.39, 0.29) is 0 Å². The van der Waals surface area contributed by atoms with Crippen molar-refractivity contribution >= 4 is 8.80 Å². The summed E-state index contributed by atoms with van der Waals surface area (Å²) in [6.07, 6.45) is 8.80. The number of hydrogen-bond donors (Lipinski definition) is 0. The van der Waals surface area contributed by atoms with Gasteiger partial charge in [-0.15, -0.1) is 0 Å². The van der Waals surface area contributed by atoms with Crippen molar-refractivity contribution in [2.24, 2.45) is 0 Å². The minimum absolute atomic E-state index is 0.540. The second-order valence-corrected chi connectivity index (χ2v) is 7.65. The maximum absolute atomic E-state index is 6.28.